The molecule has 342 valence electrons. The third-order valence-corrected chi connectivity index (χ3v) is 11.8. The zero-order chi connectivity index (χ0) is 42.9. The molecule has 0 aromatic rings. The van der Waals surface area contributed by atoms with Gasteiger partial charge < -0.3 is 39.9 Å². The highest BCUT2D eigenvalue weighted by atomic mass is 31.2. The fraction of sp³-hybridized carbons (Fsp3) is 0.909. The Balaban J connectivity index is 2.46. The highest BCUT2D eigenvalue weighted by Gasteiger charge is 2.51. The largest absolute Gasteiger partial charge is 0.472 e. The molecule has 1 fully saturated rings. The van der Waals surface area contributed by atoms with Crippen molar-refractivity contribution in [1.29, 1.82) is 0 Å². The predicted octanol–water partition coefficient (Wildman–Crippen LogP) is 8.67. The molecule has 6 unspecified atom stereocenters. The molecule has 1 rings (SSSR count). The molecule has 1 aliphatic carbocycles. The molecule has 0 aliphatic heterocycles. The molecule has 0 amide bonds. The van der Waals surface area contributed by atoms with Gasteiger partial charge in [0.1, 0.15) is 43.2 Å². The van der Waals surface area contributed by atoms with Crippen molar-refractivity contribution in [3.05, 3.63) is 12.2 Å². The van der Waals surface area contributed by atoms with Crippen LogP contribution in [0.1, 0.15) is 200 Å². The average Bonchev–Trinajstić information content (AvgIpc) is 3.20. The molecule has 0 radical (unpaired) electrons. The van der Waals surface area contributed by atoms with Gasteiger partial charge in [-0.1, -0.05) is 161 Å². The Morgan fingerprint density at radius 2 is 0.879 bits per heavy atom. The van der Waals surface area contributed by atoms with E-state index in [1.165, 1.54) is 109 Å². The van der Waals surface area contributed by atoms with Crippen LogP contribution in [-0.4, -0.2) is 98.3 Å². The smallest absolute Gasteiger partial charge is 0.462 e. The number of phosphoric ester groups is 1. The van der Waals surface area contributed by atoms with E-state index in [9.17, 15) is 44.6 Å². The first-order chi connectivity index (χ1) is 27.9. The minimum atomic E-state index is -5.11. The van der Waals surface area contributed by atoms with Crippen LogP contribution in [0.2, 0.25) is 0 Å². The number of aliphatic hydroxyl groups excluding tert-OH is 5. The third kappa shape index (κ3) is 27.4. The summed E-state index contributed by atoms with van der Waals surface area (Å²) in [5.41, 5.74) is 0. The average molecular weight is 851 g/mol. The van der Waals surface area contributed by atoms with E-state index in [4.69, 9.17) is 18.5 Å². The zero-order valence-corrected chi connectivity index (χ0v) is 37.0. The highest BCUT2D eigenvalue weighted by Crippen LogP contribution is 2.47. The lowest BCUT2D eigenvalue weighted by Crippen LogP contribution is -2.64. The number of rotatable bonds is 38. The molecule has 14 heteroatoms. The number of phosphoric acid groups is 1. The van der Waals surface area contributed by atoms with Gasteiger partial charge in [-0.25, -0.2) is 4.57 Å². The fourth-order valence-corrected chi connectivity index (χ4v) is 8.08. The van der Waals surface area contributed by atoms with E-state index in [1.807, 2.05) is 0 Å². The maximum Gasteiger partial charge on any atom is 0.472 e. The first kappa shape index (κ1) is 54.6. The second-order valence-corrected chi connectivity index (χ2v) is 17.7. The van der Waals surface area contributed by atoms with Gasteiger partial charge >= 0.3 is 19.8 Å². The zero-order valence-electron chi connectivity index (χ0n) is 36.1. The summed E-state index contributed by atoms with van der Waals surface area (Å²) in [5.74, 6) is -1.10. The van der Waals surface area contributed by atoms with E-state index < -0.39 is 75.7 Å². The van der Waals surface area contributed by atoms with Gasteiger partial charge in [0.15, 0.2) is 6.10 Å². The van der Waals surface area contributed by atoms with Crippen molar-refractivity contribution >= 4 is 19.8 Å². The molecule has 0 aromatic carbocycles. The summed E-state index contributed by atoms with van der Waals surface area (Å²) in [6, 6.07) is 0. The van der Waals surface area contributed by atoms with E-state index in [0.717, 1.165) is 51.4 Å². The quantitative estimate of drug-likeness (QED) is 0.0149. The van der Waals surface area contributed by atoms with Gasteiger partial charge in [-0.05, 0) is 38.5 Å². The van der Waals surface area contributed by atoms with Crippen molar-refractivity contribution in [3.63, 3.8) is 0 Å². The molecule has 0 heterocycles. The van der Waals surface area contributed by atoms with E-state index in [0.29, 0.717) is 12.8 Å². The molecular weight excluding hydrogens is 767 g/mol. The lowest BCUT2D eigenvalue weighted by molar-refractivity contribution is -0.220. The standard InChI is InChI=1S/C44H83O13P/c1-3-5-7-9-11-13-15-17-19-21-22-24-26-28-30-32-37(45)54-34-36(35-55-58(52,53)57-44-42(50)40(48)39(47)41(49)43(44)51)56-38(46)33-31-29-27-25-23-20-18-16-14-12-10-8-6-4-2/h13,15,36,39-44,47-51H,3-12,14,16-35H2,1-2H3,(H,52,53)/b15-13+/t36-,39?,40-,41?,42?,43?,44?/m0/s1. The summed E-state index contributed by atoms with van der Waals surface area (Å²) in [7, 11) is -5.11. The number of unbranched alkanes of at least 4 members (excludes halogenated alkanes) is 24. The van der Waals surface area contributed by atoms with Crippen LogP contribution in [0, 0.1) is 0 Å². The summed E-state index contributed by atoms with van der Waals surface area (Å²) in [5, 5.41) is 50.1. The van der Waals surface area contributed by atoms with Crippen molar-refractivity contribution in [2.75, 3.05) is 13.2 Å². The van der Waals surface area contributed by atoms with Crippen molar-refractivity contribution in [1.82, 2.24) is 0 Å². The molecule has 0 spiro atoms. The Labute approximate surface area is 350 Å². The third-order valence-electron chi connectivity index (χ3n) is 10.9. The molecule has 0 saturated heterocycles. The number of aliphatic hydroxyl groups is 5. The number of carbonyl (C=O) groups is 2. The van der Waals surface area contributed by atoms with E-state index in [1.54, 1.807) is 0 Å². The lowest BCUT2D eigenvalue weighted by atomic mass is 9.85. The van der Waals surface area contributed by atoms with Crippen LogP contribution in [0.25, 0.3) is 0 Å². The first-order valence-corrected chi connectivity index (χ1v) is 24.5. The Morgan fingerprint density at radius 1 is 0.517 bits per heavy atom. The Hall–Kier alpha value is -1.41. The number of esters is 2. The molecule has 6 N–H and O–H groups in total. The maximum atomic E-state index is 12.8. The molecule has 58 heavy (non-hydrogen) atoms. The highest BCUT2D eigenvalue weighted by molar-refractivity contribution is 7.47. The maximum absolute atomic E-state index is 12.8. The van der Waals surface area contributed by atoms with Gasteiger partial charge in [-0.2, -0.15) is 0 Å². The normalized spacial score (nSPS) is 22.6. The van der Waals surface area contributed by atoms with Crippen molar-refractivity contribution in [2.45, 2.75) is 243 Å². The molecule has 13 nitrogen and oxygen atoms in total. The predicted molar refractivity (Wildman–Crippen MR) is 226 cm³/mol. The van der Waals surface area contributed by atoms with Crippen LogP contribution >= 0.6 is 7.82 Å². The fourth-order valence-electron chi connectivity index (χ4n) is 7.11. The van der Waals surface area contributed by atoms with Crippen molar-refractivity contribution in [2.24, 2.45) is 0 Å². The second-order valence-electron chi connectivity index (χ2n) is 16.3. The topological polar surface area (TPSA) is 210 Å². The van der Waals surface area contributed by atoms with Crippen LogP contribution in [0.15, 0.2) is 12.2 Å². The van der Waals surface area contributed by atoms with E-state index in [-0.39, 0.29) is 12.8 Å². The minimum absolute atomic E-state index is 0.101. The Kier molecular flexibility index (Phi) is 33.2. The minimum Gasteiger partial charge on any atom is -0.462 e. The summed E-state index contributed by atoms with van der Waals surface area (Å²) in [4.78, 5) is 35.7. The van der Waals surface area contributed by atoms with Crippen LogP contribution in [-0.2, 0) is 32.7 Å². The van der Waals surface area contributed by atoms with Crippen LogP contribution in [0.4, 0.5) is 0 Å². The molecule has 8 atom stereocenters. The summed E-state index contributed by atoms with van der Waals surface area (Å²) in [6.45, 7) is 3.29. The first-order valence-electron chi connectivity index (χ1n) is 23.0. The number of allylic oxidation sites excluding steroid dienone is 2. The molecular formula is C44H83O13P. The lowest BCUT2D eigenvalue weighted by Gasteiger charge is -2.41. The number of hydrogen-bond acceptors (Lipinski definition) is 12. The summed E-state index contributed by atoms with van der Waals surface area (Å²) < 4.78 is 33.5. The van der Waals surface area contributed by atoms with Gasteiger partial charge in [0.2, 0.25) is 0 Å². The van der Waals surface area contributed by atoms with Gasteiger partial charge in [0.05, 0.1) is 6.61 Å². The number of ether oxygens (including phenoxy) is 2. The van der Waals surface area contributed by atoms with Gasteiger partial charge in [-0.15, -0.1) is 0 Å². The summed E-state index contributed by atoms with van der Waals surface area (Å²) in [6.07, 6.45) is 22.6. The monoisotopic (exact) mass is 851 g/mol. The van der Waals surface area contributed by atoms with Crippen LogP contribution in [0.5, 0.6) is 0 Å². The summed E-state index contributed by atoms with van der Waals surface area (Å²) >= 11 is 0. The SMILES string of the molecule is CCCCCC/C=C/CCCCCCCCCC(=O)OC[C@@H](COP(=O)(O)OC1C(O)C(O)C(O)[C@H](O)C1O)OC(=O)CCCCCCCCCCCCCCCC. The van der Waals surface area contributed by atoms with Crippen LogP contribution < -0.4 is 0 Å². The molecule has 1 saturated carbocycles. The Morgan fingerprint density at radius 3 is 1.33 bits per heavy atom. The van der Waals surface area contributed by atoms with Gasteiger partial charge in [0, 0.05) is 12.8 Å². The van der Waals surface area contributed by atoms with E-state index in [2.05, 4.69) is 26.0 Å². The number of carbonyl (C=O) groups excluding carboxylic acids is 2. The molecule has 1 aliphatic rings. The van der Waals surface area contributed by atoms with E-state index >= 15 is 0 Å². The van der Waals surface area contributed by atoms with Gasteiger partial charge in [0.25, 0.3) is 0 Å². The molecule has 0 aromatic heterocycles. The Bertz CT molecular complexity index is 1080. The second kappa shape index (κ2) is 35.2. The van der Waals surface area contributed by atoms with Crippen LogP contribution in [0.3, 0.4) is 0 Å². The van der Waals surface area contributed by atoms with Crippen molar-refractivity contribution < 1.29 is 63.1 Å². The van der Waals surface area contributed by atoms with Crippen molar-refractivity contribution in [3.8, 4) is 0 Å². The number of hydrogen-bond donors (Lipinski definition) is 6. The molecule has 0 bridgehead atoms. The van der Waals surface area contributed by atoms with Gasteiger partial charge in [-0.3, -0.25) is 18.6 Å².